The number of ether oxygens (including phenoxy) is 2. The molecule has 0 aliphatic rings. The Hall–Kier alpha value is -3.02. The van der Waals surface area contributed by atoms with Crippen LogP contribution in [0.25, 0.3) is 0 Å². The van der Waals surface area contributed by atoms with Gasteiger partial charge in [0.05, 0.1) is 11.3 Å². The Balaban J connectivity index is 2.07. The van der Waals surface area contributed by atoms with E-state index in [0.717, 1.165) is 5.56 Å². The van der Waals surface area contributed by atoms with E-state index in [1.807, 2.05) is 51.1 Å². The molecule has 6 heteroatoms. The van der Waals surface area contributed by atoms with Crippen LogP contribution in [-0.2, 0) is 11.3 Å². The average molecular weight is 343 g/mol. The summed E-state index contributed by atoms with van der Waals surface area (Å²) in [6.07, 6.45) is -0.726. The lowest BCUT2D eigenvalue weighted by Gasteiger charge is -2.22. The standard InChI is InChI=1S/C19H21NO5/c1-19(2,3)25-14-9-10-16(15(11-14)17(21)22)20-18(23)24-12-13-7-5-4-6-8-13/h4-11H,12H2,1-3H3,(H,20,23)(H,21,22). The highest BCUT2D eigenvalue weighted by atomic mass is 16.5. The number of carboxylic acids is 1. The van der Waals surface area contributed by atoms with Crippen LogP contribution < -0.4 is 10.1 Å². The lowest BCUT2D eigenvalue weighted by molar-refractivity contribution is 0.0695. The number of hydrogen-bond acceptors (Lipinski definition) is 4. The Morgan fingerprint density at radius 3 is 2.36 bits per heavy atom. The van der Waals surface area contributed by atoms with E-state index in [1.54, 1.807) is 6.07 Å². The summed E-state index contributed by atoms with van der Waals surface area (Å²) in [5.41, 5.74) is 0.453. The largest absolute Gasteiger partial charge is 0.488 e. The van der Waals surface area contributed by atoms with Crippen molar-refractivity contribution in [3.05, 3.63) is 59.7 Å². The molecule has 25 heavy (non-hydrogen) atoms. The Morgan fingerprint density at radius 2 is 1.76 bits per heavy atom. The molecule has 0 saturated heterocycles. The Labute approximate surface area is 146 Å². The first-order valence-electron chi connectivity index (χ1n) is 7.79. The van der Waals surface area contributed by atoms with Crippen molar-refractivity contribution in [1.82, 2.24) is 0 Å². The zero-order valence-corrected chi connectivity index (χ0v) is 14.4. The fraction of sp³-hybridized carbons (Fsp3) is 0.263. The molecule has 0 fully saturated rings. The fourth-order valence-electron chi connectivity index (χ4n) is 2.10. The van der Waals surface area contributed by atoms with Crippen LogP contribution in [0.4, 0.5) is 10.5 Å². The van der Waals surface area contributed by atoms with E-state index in [1.165, 1.54) is 12.1 Å². The number of nitrogens with one attached hydrogen (secondary N) is 1. The first-order chi connectivity index (χ1) is 11.7. The first kappa shape index (κ1) is 18.3. The number of aromatic carboxylic acids is 1. The van der Waals surface area contributed by atoms with Crippen molar-refractivity contribution in [2.24, 2.45) is 0 Å². The smallest absolute Gasteiger partial charge is 0.411 e. The van der Waals surface area contributed by atoms with Crippen molar-refractivity contribution < 1.29 is 24.2 Å². The van der Waals surface area contributed by atoms with E-state index < -0.39 is 17.7 Å². The SMILES string of the molecule is CC(C)(C)Oc1ccc(NC(=O)OCc2ccccc2)c(C(=O)O)c1. The second-order valence-electron chi connectivity index (χ2n) is 6.41. The van der Waals surface area contributed by atoms with Gasteiger partial charge in [0, 0.05) is 0 Å². The van der Waals surface area contributed by atoms with Crippen LogP contribution in [0.5, 0.6) is 5.75 Å². The van der Waals surface area contributed by atoms with Gasteiger partial charge in [0.15, 0.2) is 0 Å². The highest BCUT2D eigenvalue weighted by molar-refractivity contribution is 5.99. The lowest BCUT2D eigenvalue weighted by atomic mass is 10.1. The molecule has 0 bridgehead atoms. The van der Waals surface area contributed by atoms with Crippen LogP contribution >= 0.6 is 0 Å². The van der Waals surface area contributed by atoms with Gasteiger partial charge in [0.1, 0.15) is 18.0 Å². The minimum absolute atomic E-state index is 0.0709. The highest BCUT2D eigenvalue weighted by Crippen LogP contribution is 2.25. The maximum atomic E-state index is 11.9. The number of carbonyl (C=O) groups is 2. The Kier molecular flexibility index (Phi) is 5.64. The molecule has 0 aliphatic carbocycles. The molecule has 2 rings (SSSR count). The zero-order chi connectivity index (χ0) is 18.4. The monoisotopic (exact) mass is 343 g/mol. The van der Waals surface area contributed by atoms with Crippen molar-refractivity contribution in [3.63, 3.8) is 0 Å². The van der Waals surface area contributed by atoms with Gasteiger partial charge in [0.25, 0.3) is 0 Å². The van der Waals surface area contributed by atoms with E-state index in [0.29, 0.717) is 5.75 Å². The van der Waals surface area contributed by atoms with Gasteiger partial charge in [0.2, 0.25) is 0 Å². The molecule has 2 N–H and O–H groups in total. The normalized spacial score (nSPS) is 10.8. The maximum Gasteiger partial charge on any atom is 0.411 e. The minimum atomic E-state index is -1.17. The molecule has 0 saturated carbocycles. The van der Waals surface area contributed by atoms with Gasteiger partial charge in [-0.1, -0.05) is 30.3 Å². The molecule has 132 valence electrons. The highest BCUT2D eigenvalue weighted by Gasteiger charge is 2.17. The van der Waals surface area contributed by atoms with Crippen molar-refractivity contribution in [1.29, 1.82) is 0 Å². The third-order valence-corrected chi connectivity index (χ3v) is 3.09. The first-order valence-corrected chi connectivity index (χ1v) is 7.79. The van der Waals surface area contributed by atoms with Gasteiger partial charge >= 0.3 is 12.1 Å². The summed E-state index contributed by atoms with van der Waals surface area (Å²) in [6.45, 7) is 5.68. The molecule has 0 unspecified atom stereocenters. The number of anilines is 1. The third-order valence-electron chi connectivity index (χ3n) is 3.09. The van der Waals surface area contributed by atoms with Crippen molar-refractivity contribution in [2.45, 2.75) is 33.0 Å². The summed E-state index contributed by atoms with van der Waals surface area (Å²) in [5.74, 6) is -0.758. The molecule has 0 atom stereocenters. The van der Waals surface area contributed by atoms with Gasteiger partial charge in [-0.05, 0) is 44.5 Å². The summed E-state index contributed by atoms with van der Waals surface area (Å²) in [7, 11) is 0. The molecule has 6 nitrogen and oxygen atoms in total. The molecular formula is C19H21NO5. The second-order valence-corrected chi connectivity index (χ2v) is 6.41. The number of carboxylic acid groups (broad SMARTS) is 1. The van der Waals surface area contributed by atoms with Gasteiger partial charge < -0.3 is 14.6 Å². The van der Waals surface area contributed by atoms with Crippen molar-refractivity contribution in [3.8, 4) is 5.75 Å². The Morgan fingerprint density at radius 1 is 1.08 bits per heavy atom. The second kappa shape index (κ2) is 7.70. The number of benzene rings is 2. The fourth-order valence-corrected chi connectivity index (χ4v) is 2.10. The van der Waals surface area contributed by atoms with Gasteiger partial charge in [-0.2, -0.15) is 0 Å². The molecule has 0 spiro atoms. The van der Waals surface area contributed by atoms with Crippen molar-refractivity contribution >= 4 is 17.7 Å². The summed E-state index contributed by atoms with van der Waals surface area (Å²) in [5, 5.41) is 11.8. The summed E-state index contributed by atoms with van der Waals surface area (Å²) in [4.78, 5) is 23.4. The molecule has 2 aromatic carbocycles. The van der Waals surface area contributed by atoms with Gasteiger partial charge in [-0.15, -0.1) is 0 Å². The predicted molar refractivity (Wildman–Crippen MR) is 94.0 cm³/mol. The van der Waals surface area contributed by atoms with Crippen LogP contribution in [0.15, 0.2) is 48.5 Å². The maximum absolute atomic E-state index is 11.9. The predicted octanol–water partition coefficient (Wildman–Crippen LogP) is 4.31. The Bertz CT molecular complexity index is 750. The average Bonchev–Trinajstić information content (AvgIpc) is 2.54. The van der Waals surface area contributed by atoms with Crippen LogP contribution in [0, 0.1) is 0 Å². The summed E-state index contributed by atoms with van der Waals surface area (Å²) < 4.78 is 10.8. The van der Waals surface area contributed by atoms with Crippen molar-refractivity contribution in [2.75, 3.05) is 5.32 Å². The van der Waals surface area contributed by atoms with Crippen LogP contribution in [0.1, 0.15) is 36.7 Å². The molecule has 0 radical (unpaired) electrons. The molecule has 1 amide bonds. The van der Waals surface area contributed by atoms with E-state index >= 15 is 0 Å². The van der Waals surface area contributed by atoms with Crippen LogP contribution in [0.2, 0.25) is 0 Å². The quantitative estimate of drug-likeness (QED) is 0.845. The van der Waals surface area contributed by atoms with E-state index in [-0.39, 0.29) is 17.9 Å². The minimum Gasteiger partial charge on any atom is -0.488 e. The topological polar surface area (TPSA) is 84.9 Å². The molecule has 0 aromatic heterocycles. The van der Waals surface area contributed by atoms with Gasteiger partial charge in [-0.3, -0.25) is 5.32 Å². The lowest BCUT2D eigenvalue weighted by Crippen LogP contribution is -2.23. The molecular weight excluding hydrogens is 322 g/mol. The number of amides is 1. The van der Waals surface area contributed by atoms with E-state index in [4.69, 9.17) is 9.47 Å². The zero-order valence-electron chi connectivity index (χ0n) is 14.4. The molecule has 0 aliphatic heterocycles. The number of rotatable bonds is 5. The van der Waals surface area contributed by atoms with E-state index in [2.05, 4.69) is 5.32 Å². The van der Waals surface area contributed by atoms with Crippen LogP contribution in [0.3, 0.4) is 0 Å². The number of hydrogen-bond donors (Lipinski definition) is 2. The molecule has 2 aromatic rings. The molecule has 0 heterocycles. The van der Waals surface area contributed by atoms with Crippen LogP contribution in [-0.4, -0.2) is 22.8 Å². The summed E-state index contributed by atoms with van der Waals surface area (Å²) >= 11 is 0. The number of carbonyl (C=O) groups excluding carboxylic acids is 1. The third kappa shape index (κ3) is 5.84. The van der Waals surface area contributed by atoms with E-state index in [9.17, 15) is 14.7 Å². The summed E-state index contributed by atoms with van der Waals surface area (Å²) in [6, 6.07) is 13.7. The van der Waals surface area contributed by atoms with Gasteiger partial charge in [-0.25, -0.2) is 9.59 Å².